The van der Waals surface area contributed by atoms with Crippen LogP contribution in [0.4, 0.5) is 0 Å². The van der Waals surface area contributed by atoms with Gasteiger partial charge in [0.1, 0.15) is 0 Å². The van der Waals surface area contributed by atoms with E-state index in [4.69, 9.17) is 4.74 Å². The summed E-state index contributed by atoms with van der Waals surface area (Å²) in [6.07, 6.45) is 2.71. The van der Waals surface area contributed by atoms with Crippen molar-refractivity contribution in [3.8, 4) is 0 Å². The van der Waals surface area contributed by atoms with Crippen LogP contribution in [0.3, 0.4) is 0 Å². The van der Waals surface area contributed by atoms with Crippen molar-refractivity contribution in [1.29, 1.82) is 0 Å². The second-order valence-electron chi connectivity index (χ2n) is 4.70. The van der Waals surface area contributed by atoms with E-state index in [0.29, 0.717) is 0 Å². The Morgan fingerprint density at radius 3 is 2.47 bits per heavy atom. The normalized spacial score (nSPS) is 15.8. The molecule has 0 radical (unpaired) electrons. The second kappa shape index (κ2) is 5.71. The van der Waals surface area contributed by atoms with E-state index in [2.05, 4.69) is 4.72 Å². The van der Waals surface area contributed by atoms with E-state index in [1.807, 2.05) is 6.92 Å². The highest BCUT2D eigenvalue weighted by molar-refractivity contribution is 7.89. The fraction of sp³-hybridized carbons (Fsp3) is 0.462. The van der Waals surface area contributed by atoms with E-state index >= 15 is 0 Å². The van der Waals surface area contributed by atoms with Crippen LogP contribution in [0.15, 0.2) is 29.2 Å². The highest BCUT2D eigenvalue weighted by Gasteiger charge is 2.26. The first-order valence-corrected chi connectivity index (χ1v) is 7.70. The first-order valence-electron chi connectivity index (χ1n) is 6.22. The molecule has 0 saturated heterocycles. The third-order valence-corrected chi connectivity index (χ3v) is 4.62. The van der Waals surface area contributed by atoms with Gasteiger partial charge in [0.15, 0.2) is 6.73 Å². The number of carbonyl (C=O) groups is 1. The molecule has 0 spiro atoms. The lowest BCUT2D eigenvalue weighted by Crippen LogP contribution is -2.31. The largest absolute Gasteiger partial charge is 0.449 e. The third-order valence-electron chi connectivity index (χ3n) is 3.23. The van der Waals surface area contributed by atoms with E-state index in [1.54, 1.807) is 12.1 Å². The van der Waals surface area contributed by atoms with Gasteiger partial charge >= 0.3 is 5.97 Å². The van der Waals surface area contributed by atoms with Gasteiger partial charge in [-0.05, 0) is 31.9 Å². The van der Waals surface area contributed by atoms with Crippen LogP contribution in [-0.2, 0) is 19.6 Å². The van der Waals surface area contributed by atoms with Crippen LogP contribution in [0, 0.1) is 12.8 Å². The summed E-state index contributed by atoms with van der Waals surface area (Å²) in [4.78, 5) is 11.6. The predicted octanol–water partition coefficient (Wildman–Crippen LogP) is 1.57. The molecule has 19 heavy (non-hydrogen) atoms. The van der Waals surface area contributed by atoms with Crippen LogP contribution in [0.5, 0.6) is 0 Å². The number of sulfonamides is 1. The summed E-state index contributed by atoms with van der Waals surface area (Å²) < 4.78 is 30.9. The number of aryl methyl sites for hydroxylation is 1. The first-order chi connectivity index (χ1) is 8.99. The maximum atomic E-state index is 11.9. The molecule has 104 valence electrons. The summed E-state index contributed by atoms with van der Waals surface area (Å²) in [6.45, 7) is 1.57. The third kappa shape index (κ3) is 3.54. The van der Waals surface area contributed by atoms with Gasteiger partial charge < -0.3 is 4.74 Å². The number of benzene rings is 1. The molecule has 0 amide bonds. The molecule has 0 aliphatic heterocycles. The maximum Gasteiger partial charge on any atom is 0.310 e. The lowest BCUT2D eigenvalue weighted by molar-refractivity contribution is -0.151. The SMILES string of the molecule is Cc1ccc(S(=O)(=O)NCOC(=O)C2CCC2)cc1. The predicted molar refractivity (Wildman–Crippen MR) is 69.8 cm³/mol. The summed E-state index contributed by atoms with van der Waals surface area (Å²) >= 11 is 0. The standard InChI is InChI=1S/C13H17NO4S/c1-10-5-7-12(8-6-10)19(16,17)14-9-18-13(15)11-3-2-4-11/h5-8,11,14H,2-4,9H2,1H3. The molecule has 5 nitrogen and oxygen atoms in total. The van der Waals surface area contributed by atoms with Crippen LogP contribution in [0.1, 0.15) is 24.8 Å². The first kappa shape index (κ1) is 14.0. The molecule has 1 aliphatic rings. The quantitative estimate of drug-likeness (QED) is 0.657. The van der Waals surface area contributed by atoms with Crippen molar-refractivity contribution in [1.82, 2.24) is 4.72 Å². The van der Waals surface area contributed by atoms with Crippen LogP contribution < -0.4 is 4.72 Å². The summed E-state index contributed by atoms with van der Waals surface area (Å²) in [5, 5.41) is 0. The van der Waals surface area contributed by atoms with Crippen molar-refractivity contribution in [2.45, 2.75) is 31.1 Å². The van der Waals surface area contributed by atoms with Gasteiger partial charge in [-0.1, -0.05) is 24.1 Å². The number of rotatable bonds is 5. The minimum atomic E-state index is -3.61. The Morgan fingerprint density at radius 1 is 1.32 bits per heavy atom. The number of esters is 1. The van der Waals surface area contributed by atoms with E-state index in [-0.39, 0.29) is 23.5 Å². The van der Waals surface area contributed by atoms with Crippen molar-refractivity contribution in [2.75, 3.05) is 6.73 Å². The fourth-order valence-electron chi connectivity index (χ4n) is 1.74. The number of hydrogen-bond acceptors (Lipinski definition) is 4. The molecule has 0 heterocycles. The smallest absolute Gasteiger partial charge is 0.310 e. The highest BCUT2D eigenvalue weighted by Crippen LogP contribution is 2.27. The number of carbonyl (C=O) groups excluding carboxylic acids is 1. The van der Waals surface area contributed by atoms with Gasteiger partial charge in [0, 0.05) is 0 Å². The molecule has 2 rings (SSSR count). The minimum absolute atomic E-state index is 0.0520. The summed E-state index contributed by atoms with van der Waals surface area (Å²) in [6, 6.07) is 6.47. The molecule has 1 aliphatic carbocycles. The summed E-state index contributed by atoms with van der Waals surface area (Å²) in [7, 11) is -3.61. The molecule has 0 unspecified atom stereocenters. The van der Waals surface area contributed by atoms with Crippen molar-refractivity contribution in [2.24, 2.45) is 5.92 Å². The molecular formula is C13H17NO4S. The van der Waals surface area contributed by atoms with E-state index in [0.717, 1.165) is 24.8 Å². The zero-order valence-electron chi connectivity index (χ0n) is 10.8. The number of ether oxygens (including phenoxy) is 1. The van der Waals surface area contributed by atoms with Gasteiger partial charge in [0.2, 0.25) is 10.0 Å². The van der Waals surface area contributed by atoms with Gasteiger partial charge in [0.25, 0.3) is 0 Å². The summed E-state index contributed by atoms with van der Waals surface area (Å²) in [5.74, 6) is -0.373. The van der Waals surface area contributed by atoms with Crippen molar-refractivity contribution in [3.63, 3.8) is 0 Å². The number of nitrogens with one attached hydrogen (secondary N) is 1. The van der Waals surface area contributed by atoms with E-state index in [1.165, 1.54) is 12.1 Å². The summed E-state index contributed by atoms with van der Waals surface area (Å²) in [5.41, 5.74) is 0.982. The van der Waals surface area contributed by atoms with Gasteiger partial charge in [-0.2, -0.15) is 4.72 Å². The average Bonchev–Trinajstić information content (AvgIpc) is 2.26. The molecular weight excluding hydrogens is 266 g/mol. The molecule has 1 fully saturated rings. The Balaban J connectivity index is 1.87. The zero-order valence-corrected chi connectivity index (χ0v) is 11.6. The fourth-order valence-corrected chi connectivity index (χ4v) is 2.62. The molecule has 1 saturated carbocycles. The molecule has 1 N–H and O–H groups in total. The Hall–Kier alpha value is -1.40. The van der Waals surface area contributed by atoms with Gasteiger partial charge in [-0.15, -0.1) is 0 Å². The molecule has 6 heteroatoms. The lowest BCUT2D eigenvalue weighted by Gasteiger charge is -2.23. The van der Waals surface area contributed by atoms with Gasteiger partial charge in [0.05, 0.1) is 10.8 Å². The van der Waals surface area contributed by atoms with Gasteiger partial charge in [-0.25, -0.2) is 8.42 Å². The minimum Gasteiger partial charge on any atom is -0.449 e. The molecule has 0 atom stereocenters. The van der Waals surface area contributed by atoms with Crippen LogP contribution in [0.25, 0.3) is 0 Å². The van der Waals surface area contributed by atoms with Crippen molar-refractivity contribution in [3.05, 3.63) is 29.8 Å². The Morgan fingerprint density at radius 2 is 1.95 bits per heavy atom. The van der Waals surface area contributed by atoms with E-state index in [9.17, 15) is 13.2 Å². The van der Waals surface area contributed by atoms with Crippen LogP contribution in [0.2, 0.25) is 0 Å². The van der Waals surface area contributed by atoms with Gasteiger partial charge in [-0.3, -0.25) is 4.79 Å². The molecule has 0 aromatic heterocycles. The Labute approximate surface area is 113 Å². The number of hydrogen-bond donors (Lipinski definition) is 1. The van der Waals surface area contributed by atoms with Crippen LogP contribution in [-0.4, -0.2) is 21.1 Å². The zero-order chi connectivity index (χ0) is 13.9. The lowest BCUT2D eigenvalue weighted by atomic mass is 9.86. The Kier molecular flexibility index (Phi) is 4.21. The van der Waals surface area contributed by atoms with E-state index < -0.39 is 10.0 Å². The van der Waals surface area contributed by atoms with Crippen LogP contribution >= 0.6 is 0 Å². The van der Waals surface area contributed by atoms with Crippen molar-refractivity contribution >= 4 is 16.0 Å². The topological polar surface area (TPSA) is 72.5 Å². The molecule has 0 bridgehead atoms. The monoisotopic (exact) mass is 283 g/mol. The van der Waals surface area contributed by atoms with Crippen molar-refractivity contribution < 1.29 is 17.9 Å². The highest BCUT2D eigenvalue weighted by atomic mass is 32.2. The average molecular weight is 283 g/mol. The maximum absolute atomic E-state index is 11.9. The molecule has 1 aromatic carbocycles. The molecule has 1 aromatic rings. The Bertz CT molecular complexity index is 547. The second-order valence-corrected chi connectivity index (χ2v) is 6.46.